The molecule has 2 fully saturated rings. The fourth-order valence-corrected chi connectivity index (χ4v) is 3.29. The lowest BCUT2D eigenvalue weighted by atomic mass is 9.86. The average Bonchev–Trinajstić information content (AvgIpc) is 2.24. The van der Waals surface area contributed by atoms with Crippen LogP contribution in [0.5, 0.6) is 0 Å². The van der Waals surface area contributed by atoms with Crippen LogP contribution < -0.4 is 15.8 Å². The first-order valence-corrected chi connectivity index (χ1v) is 9.21. The van der Waals surface area contributed by atoms with E-state index in [2.05, 4.69) is 15.0 Å². The van der Waals surface area contributed by atoms with Gasteiger partial charge in [0.1, 0.15) is 0 Å². The fourth-order valence-electron chi connectivity index (χ4n) is 2.29. The zero-order valence-corrected chi connectivity index (χ0v) is 15.5. The number of nitrogens with one attached hydrogen (secondary N) is 2. The Labute approximate surface area is 144 Å². The molecule has 2 aliphatic rings. The number of nitrogens with zero attached hydrogens (tertiary/aromatic N) is 1. The molecular weight excluding hydrogens is 403 g/mol. The lowest BCUT2D eigenvalue weighted by molar-refractivity contribution is 0.316. The van der Waals surface area contributed by atoms with Crippen LogP contribution in [0, 0.1) is 11.8 Å². The van der Waals surface area contributed by atoms with Crippen LogP contribution in [0.4, 0.5) is 0 Å². The highest BCUT2D eigenvalue weighted by Crippen LogP contribution is 2.26. The maximum atomic E-state index is 11.7. The number of halogens is 1. The van der Waals surface area contributed by atoms with Crippen LogP contribution in [0.2, 0.25) is 0 Å². The molecule has 124 valence electrons. The third-order valence-electron chi connectivity index (χ3n) is 4.24. The molecule has 2 rings (SSSR count). The van der Waals surface area contributed by atoms with Gasteiger partial charge in [0.2, 0.25) is 10.0 Å². The molecule has 0 aliphatic heterocycles. The van der Waals surface area contributed by atoms with Crippen molar-refractivity contribution in [3.8, 4) is 0 Å². The molecule has 2 saturated carbocycles. The van der Waals surface area contributed by atoms with Crippen LogP contribution in [-0.4, -0.2) is 39.8 Å². The molecule has 6 nitrogen and oxygen atoms in total. The average molecular weight is 430 g/mol. The molecule has 0 atom stereocenters. The normalized spacial score (nSPS) is 20.3. The Kier molecular flexibility index (Phi) is 8.25. The Morgan fingerprint density at radius 1 is 1.14 bits per heavy atom. The molecule has 0 amide bonds. The zero-order chi connectivity index (χ0) is 14.4. The summed E-state index contributed by atoms with van der Waals surface area (Å²) in [7, 11) is -3.20. The van der Waals surface area contributed by atoms with Gasteiger partial charge in [-0.2, -0.15) is 0 Å². The van der Waals surface area contributed by atoms with Gasteiger partial charge in [0, 0.05) is 19.6 Å². The van der Waals surface area contributed by atoms with E-state index < -0.39 is 10.0 Å². The lowest BCUT2D eigenvalue weighted by Gasteiger charge is -2.25. The molecule has 0 spiro atoms. The molecule has 8 heteroatoms. The summed E-state index contributed by atoms with van der Waals surface area (Å²) >= 11 is 0. The Balaban J connectivity index is 0.00000220. The molecule has 0 bridgehead atoms. The Hall–Kier alpha value is -0.0900. The second-order valence-corrected chi connectivity index (χ2v) is 7.84. The third-order valence-corrected chi connectivity index (χ3v) is 5.59. The standard InChI is InChI=1S/C13H26N4O2S.HI/c14-13(16-9-11-3-1-4-11)15-7-8-20(18,19)17-10-12-5-2-6-12;/h11-12,17H,1-10H2,(H3,14,15,16);1H. The van der Waals surface area contributed by atoms with E-state index in [1.807, 2.05) is 0 Å². The molecule has 0 saturated heterocycles. The number of guanidine groups is 1. The predicted octanol–water partition coefficient (Wildman–Crippen LogP) is 1.03. The van der Waals surface area contributed by atoms with Crippen molar-refractivity contribution in [1.82, 2.24) is 10.0 Å². The molecule has 0 unspecified atom stereocenters. The van der Waals surface area contributed by atoms with Crippen LogP contribution in [0.1, 0.15) is 38.5 Å². The number of aliphatic imine (C=N–C) groups is 1. The van der Waals surface area contributed by atoms with Gasteiger partial charge < -0.3 is 11.1 Å². The second kappa shape index (κ2) is 9.14. The Morgan fingerprint density at radius 2 is 1.76 bits per heavy atom. The number of rotatable bonds is 8. The predicted molar refractivity (Wildman–Crippen MR) is 96.4 cm³/mol. The van der Waals surface area contributed by atoms with Crippen molar-refractivity contribution in [3.63, 3.8) is 0 Å². The number of hydrogen-bond acceptors (Lipinski definition) is 3. The molecule has 2 aliphatic carbocycles. The van der Waals surface area contributed by atoms with Crippen molar-refractivity contribution in [2.24, 2.45) is 22.6 Å². The van der Waals surface area contributed by atoms with E-state index in [1.54, 1.807) is 0 Å². The van der Waals surface area contributed by atoms with E-state index in [0.29, 0.717) is 30.9 Å². The van der Waals surface area contributed by atoms with Crippen molar-refractivity contribution < 1.29 is 8.42 Å². The first-order valence-electron chi connectivity index (χ1n) is 7.56. The molecule has 4 N–H and O–H groups in total. The SMILES string of the molecule is I.NC(=NCC1CCC1)NCCS(=O)(=O)NCC1CCC1. The van der Waals surface area contributed by atoms with E-state index in [-0.39, 0.29) is 29.7 Å². The third kappa shape index (κ3) is 7.14. The minimum atomic E-state index is -3.20. The molecule has 0 radical (unpaired) electrons. The highest BCUT2D eigenvalue weighted by molar-refractivity contribution is 14.0. The van der Waals surface area contributed by atoms with Gasteiger partial charge in [-0.05, 0) is 37.5 Å². The maximum absolute atomic E-state index is 11.7. The smallest absolute Gasteiger partial charge is 0.213 e. The fraction of sp³-hybridized carbons (Fsp3) is 0.923. The van der Waals surface area contributed by atoms with E-state index in [0.717, 1.165) is 19.4 Å². The summed E-state index contributed by atoms with van der Waals surface area (Å²) in [5.41, 5.74) is 5.71. The van der Waals surface area contributed by atoms with Crippen LogP contribution in [-0.2, 0) is 10.0 Å². The van der Waals surface area contributed by atoms with Gasteiger partial charge in [0.15, 0.2) is 5.96 Å². The summed E-state index contributed by atoms with van der Waals surface area (Å²) in [5, 5.41) is 2.87. The Bertz CT molecular complexity index is 433. The first kappa shape index (κ1) is 19.0. The molecule has 0 aromatic carbocycles. The van der Waals surface area contributed by atoms with E-state index >= 15 is 0 Å². The number of hydrogen-bond donors (Lipinski definition) is 3. The first-order chi connectivity index (χ1) is 9.55. The minimum Gasteiger partial charge on any atom is -0.370 e. The van der Waals surface area contributed by atoms with Gasteiger partial charge in [0.25, 0.3) is 0 Å². The second-order valence-electron chi connectivity index (χ2n) is 5.91. The van der Waals surface area contributed by atoms with Crippen LogP contribution in [0.15, 0.2) is 4.99 Å². The minimum absolute atomic E-state index is 0. The van der Waals surface area contributed by atoms with Crippen LogP contribution in [0.3, 0.4) is 0 Å². The van der Waals surface area contributed by atoms with Crippen molar-refractivity contribution in [3.05, 3.63) is 0 Å². The summed E-state index contributed by atoms with van der Waals surface area (Å²) in [6, 6.07) is 0. The van der Waals surface area contributed by atoms with Gasteiger partial charge in [0.05, 0.1) is 5.75 Å². The van der Waals surface area contributed by atoms with Gasteiger partial charge in [-0.3, -0.25) is 4.99 Å². The monoisotopic (exact) mass is 430 g/mol. The number of sulfonamides is 1. The Morgan fingerprint density at radius 3 is 2.29 bits per heavy atom. The molecular formula is C13H27IN4O2S. The van der Waals surface area contributed by atoms with Crippen molar-refractivity contribution in [2.45, 2.75) is 38.5 Å². The maximum Gasteiger partial charge on any atom is 0.213 e. The largest absolute Gasteiger partial charge is 0.370 e. The molecule has 0 aromatic rings. The summed E-state index contributed by atoms with van der Waals surface area (Å²) in [6.07, 6.45) is 7.26. The summed E-state index contributed by atoms with van der Waals surface area (Å²) in [4.78, 5) is 4.23. The summed E-state index contributed by atoms with van der Waals surface area (Å²) in [5.74, 6) is 1.60. The van der Waals surface area contributed by atoms with Crippen LogP contribution >= 0.6 is 24.0 Å². The molecule has 0 heterocycles. The van der Waals surface area contributed by atoms with E-state index in [4.69, 9.17) is 5.73 Å². The van der Waals surface area contributed by atoms with Crippen molar-refractivity contribution in [1.29, 1.82) is 0 Å². The molecule has 21 heavy (non-hydrogen) atoms. The van der Waals surface area contributed by atoms with E-state index in [1.165, 1.54) is 25.7 Å². The highest BCUT2D eigenvalue weighted by Gasteiger charge is 2.20. The van der Waals surface area contributed by atoms with Crippen molar-refractivity contribution in [2.75, 3.05) is 25.4 Å². The van der Waals surface area contributed by atoms with Crippen LogP contribution in [0.25, 0.3) is 0 Å². The van der Waals surface area contributed by atoms with Gasteiger partial charge in [-0.15, -0.1) is 24.0 Å². The lowest BCUT2D eigenvalue weighted by Crippen LogP contribution is -2.40. The zero-order valence-electron chi connectivity index (χ0n) is 12.4. The van der Waals surface area contributed by atoms with Gasteiger partial charge in [-0.25, -0.2) is 13.1 Å². The summed E-state index contributed by atoms with van der Waals surface area (Å²) in [6.45, 7) is 1.64. The summed E-state index contributed by atoms with van der Waals surface area (Å²) < 4.78 is 26.1. The highest BCUT2D eigenvalue weighted by atomic mass is 127. The number of nitrogens with two attached hydrogens (primary N) is 1. The van der Waals surface area contributed by atoms with Gasteiger partial charge in [-0.1, -0.05) is 12.8 Å². The van der Waals surface area contributed by atoms with Crippen molar-refractivity contribution >= 4 is 40.0 Å². The van der Waals surface area contributed by atoms with Gasteiger partial charge >= 0.3 is 0 Å². The topological polar surface area (TPSA) is 96.6 Å². The van der Waals surface area contributed by atoms with E-state index in [9.17, 15) is 8.42 Å². The quantitative estimate of drug-likeness (QED) is 0.305. The molecule has 0 aromatic heterocycles.